The van der Waals surface area contributed by atoms with Gasteiger partial charge in [-0.25, -0.2) is 4.79 Å². The minimum Gasteiger partial charge on any atom is -0.479 e. The summed E-state index contributed by atoms with van der Waals surface area (Å²) in [5.41, 5.74) is -0.425. The number of aliphatic carboxylic acids is 1. The molecule has 1 heterocycles. The zero-order valence-electron chi connectivity index (χ0n) is 11.0. The Bertz CT molecular complexity index is 577. The molecule has 0 saturated carbocycles. The summed E-state index contributed by atoms with van der Waals surface area (Å²) in [6.07, 6.45) is -9.03. The van der Waals surface area contributed by atoms with Gasteiger partial charge in [0.15, 0.2) is 11.9 Å². The molecule has 1 saturated heterocycles. The van der Waals surface area contributed by atoms with Crippen LogP contribution in [0.3, 0.4) is 0 Å². The number of rotatable bonds is 4. The highest BCUT2D eigenvalue weighted by molar-refractivity contribution is 5.73. The average Bonchev–Trinajstić information content (AvgIpc) is 2.47. The summed E-state index contributed by atoms with van der Waals surface area (Å²) in [7, 11) is 0. The van der Waals surface area contributed by atoms with Gasteiger partial charge in [-0.05, 0) is 6.07 Å². The van der Waals surface area contributed by atoms with Gasteiger partial charge in [-0.15, -0.1) is 0 Å². The monoisotopic (exact) mass is 315 g/mol. The second-order valence-electron chi connectivity index (χ2n) is 4.58. The Kier molecular flexibility index (Phi) is 4.56. The fourth-order valence-corrected chi connectivity index (χ4v) is 1.98. The number of hydrogen-bond donors (Lipinski definition) is 4. The molecule has 22 heavy (non-hydrogen) atoms. The van der Waals surface area contributed by atoms with Gasteiger partial charge >= 0.3 is 11.7 Å². The van der Waals surface area contributed by atoms with Crippen LogP contribution >= 0.6 is 0 Å². The molecule has 0 radical (unpaired) electrons. The van der Waals surface area contributed by atoms with Gasteiger partial charge in [-0.1, -0.05) is 12.1 Å². The van der Waals surface area contributed by atoms with E-state index in [-0.39, 0.29) is 5.75 Å². The number of ether oxygens (including phenoxy) is 2. The Morgan fingerprint density at radius 3 is 2.41 bits per heavy atom. The average molecular weight is 315 g/mol. The van der Waals surface area contributed by atoms with E-state index < -0.39 is 47.3 Å². The Labute approximate surface area is 123 Å². The summed E-state index contributed by atoms with van der Waals surface area (Å²) in [6, 6.07) is 5.19. The Morgan fingerprint density at radius 1 is 1.18 bits per heavy atom. The molecule has 0 bridgehead atoms. The lowest BCUT2D eigenvalue weighted by Crippen LogP contribution is -2.61. The van der Waals surface area contributed by atoms with Crippen LogP contribution in [0.15, 0.2) is 24.3 Å². The third-order valence-electron chi connectivity index (χ3n) is 3.12. The van der Waals surface area contributed by atoms with Gasteiger partial charge in [0.1, 0.15) is 18.3 Å². The van der Waals surface area contributed by atoms with E-state index in [9.17, 15) is 30.2 Å². The first-order valence-corrected chi connectivity index (χ1v) is 6.15. The molecule has 10 heteroatoms. The summed E-state index contributed by atoms with van der Waals surface area (Å²) in [5.74, 6) is -1.85. The van der Waals surface area contributed by atoms with Crippen LogP contribution in [0.25, 0.3) is 0 Å². The van der Waals surface area contributed by atoms with Gasteiger partial charge in [-0.3, -0.25) is 10.1 Å². The normalized spacial score (nSPS) is 31.5. The van der Waals surface area contributed by atoms with E-state index in [1.54, 1.807) is 0 Å². The van der Waals surface area contributed by atoms with Gasteiger partial charge in [-0.2, -0.15) is 0 Å². The third-order valence-corrected chi connectivity index (χ3v) is 3.12. The lowest BCUT2D eigenvalue weighted by atomic mass is 9.99. The number of aliphatic hydroxyl groups is 3. The predicted molar refractivity (Wildman–Crippen MR) is 68.0 cm³/mol. The number of carboxylic acid groups (broad SMARTS) is 1. The van der Waals surface area contributed by atoms with E-state index >= 15 is 0 Å². The van der Waals surface area contributed by atoms with Crippen LogP contribution in [0.1, 0.15) is 0 Å². The number of carboxylic acids is 1. The number of aliphatic hydroxyl groups excluding tert-OH is 3. The van der Waals surface area contributed by atoms with Crippen molar-refractivity contribution in [1.29, 1.82) is 0 Å². The smallest absolute Gasteiger partial charge is 0.335 e. The fraction of sp³-hybridized carbons (Fsp3) is 0.417. The van der Waals surface area contributed by atoms with E-state index in [1.165, 1.54) is 18.2 Å². The molecule has 0 aliphatic carbocycles. The van der Waals surface area contributed by atoms with Crippen LogP contribution in [-0.4, -0.2) is 62.0 Å². The summed E-state index contributed by atoms with van der Waals surface area (Å²) >= 11 is 0. The summed E-state index contributed by atoms with van der Waals surface area (Å²) in [5, 5.41) is 48.7. The topological polar surface area (TPSA) is 160 Å². The van der Waals surface area contributed by atoms with Crippen molar-refractivity contribution in [2.45, 2.75) is 30.7 Å². The molecule has 5 atom stereocenters. The highest BCUT2D eigenvalue weighted by Crippen LogP contribution is 2.30. The molecule has 1 aromatic carbocycles. The number of hydrogen-bond acceptors (Lipinski definition) is 8. The zero-order chi connectivity index (χ0) is 16.4. The third kappa shape index (κ3) is 2.99. The molecule has 0 spiro atoms. The molecule has 0 unspecified atom stereocenters. The van der Waals surface area contributed by atoms with Gasteiger partial charge in [0, 0.05) is 6.07 Å². The van der Waals surface area contributed by atoms with Crippen molar-refractivity contribution < 1.29 is 39.6 Å². The molecule has 10 nitrogen and oxygen atoms in total. The molecule has 1 aliphatic rings. The molecule has 0 amide bonds. The Balaban J connectivity index is 2.25. The minimum absolute atomic E-state index is 0.274. The van der Waals surface area contributed by atoms with Gasteiger partial charge in [0.2, 0.25) is 6.29 Å². The van der Waals surface area contributed by atoms with Crippen LogP contribution in [0.2, 0.25) is 0 Å². The lowest BCUT2D eigenvalue weighted by molar-refractivity contribution is -0.387. The number of benzene rings is 1. The van der Waals surface area contributed by atoms with Crippen molar-refractivity contribution >= 4 is 11.7 Å². The molecule has 1 fully saturated rings. The SMILES string of the molecule is O=C(O)[C@H]1O[C@@H](Oc2ccccc2[N+](=O)[O-])[C@H](O)[C@@H](O)[C@@H]1O. The number of para-hydroxylation sites is 2. The van der Waals surface area contributed by atoms with Crippen LogP contribution < -0.4 is 4.74 Å². The summed E-state index contributed by atoms with van der Waals surface area (Å²) in [6.45, 7) is 0. The Hall–Kier alpha value is -2.27. The number of nitrogens with zero attached hydrogens (tertiary/aromatic N) is 1. The molecule has 4 N–H and O–H groups in total. The van der Waals surface area contributed by atoms with Crippen LogP contribution in [0.5, 0.6) is 5.75 Å². The standard InChI is InChI=1S/C12H13NO9/c14-7-8(15)10(11(17)18)22-12(9(7)16)21-6-4-2-1-3-5(6)13(19)20/h1-4,7-10,12,14-16H,(H,17,18)/t7-,8-,9+,10-,12+/m0/s1. The minimum atomic E-state index is -1.86. The van der Waals surface area contributed by atoms with Crippen molar-refractivity contribution in [2.24, 2.45) is 0 Å². The number of nitro benzene ring substituents is 1. The second-order valence-corrected chi connectivity index (χ2v) is 4.58. The van der Waals surface area contributed by atoms with Gasteiger partial charge in [0.25, 0.3) is 0 Å². The lowest BCUT2D eigenvalue weighted by Gasteiger charge is -2.38. The molecule has 1 aliphatic heterocycles. The quantitative estimate of drug-likeness (QED) is 0.398. The molecule has 2 rings (SSSR count). The second kappa shape index (κ2) is 6.23. The van der Waals surface area contributed by atoms with Crippen molar-refractivity contribution in [3.8, 4) is 5.75 Å². The first kappa shape index (κ1) is 16.1. The van der Waals surface area contributed by atoms with Crippen LogP contribution in [0, 0.1) is 10.1 Å². The van der Waals surface area contributed by atoms with E-state index in [0.717, 1.165) is 6.07 Å². The van der Waals surface area contributed by atoms with E-state index in [1.807, 2.05) is 0 Å². The van der Waals surface area contributed by atoms with E-state index in [2.05, 4.69) is 0 Å². The van der Waals surface area contributed by atoms with Crippen molar-refractivity contribution in [1.82, 2.24) is 0 Å². The van der Waals surface area contributed by atoms with Crippen molar-refractivity contribution in [3.05, 3.63) is 34.4 Å². The Morgan fingerprint density at radius 2 is 1.82 bits per heavy atom. The number of carbonyl (C=O) groups is 1. The van der Waals surface area contributed by atoms with Crippen molar-refractivity contribution in [3.63, 3.8) is 0 Å². The van der Waals surface area contributed by atoms with Crippen LogP contribution in [0.4, 0.5) is 5.69 Å². The van der Waals surface area contributed by atoms with E-state index in [4.69, 9.17) is 14.6 Å². The maximum atomic E-state index is 10.9. The largest absolute Gasteiger partial charge is 0.479 e. The first-order chi connectivity index (χ1) is 10.3. The summed E-state index contributed by atoms with van der Waals surface area (Å²) in [4.78, 5) is 21.1. The highest BCUT2D eigenvalue weighted by Gasteiger charge is 2.48. The predicted octanol–water partition coefficient (Wildman–Crippen LogP) is -1.13. The van der Waals surface area contributed by atoms with Gasteiger partial charge in [0.05, 0.1) is 4.92 Å². The molecule has 120 valence electrons. The fourth-order valence-electron chi connectivity index (χ4n) is 1.98. The molecule has 0 aromatic heterocycles. The number of nitro groups is 1. The molecule has 1 aromatic rings. The van der Waals surface area contributed by atoms with Crippen LogP contribution in [-0.2, 0) is 9.53 Å². The van der Waals surface area contributed by atoms with E-state index in [0.29, 0.717) is 0 Å². The maximum absolute atomic E-state index is 10.9. The van der Waals surface area contributed by atoms with Crippen molar-refractivity contribution in [2.75, 3.05) is 0 Å². The summed E-state index contributed by atoms with van der Waals surface area (Å²) < 4.78 is 9.99. The molecular formula is C12H13NO9. The zero-order valence-corrected chi connectivity index (χ0v) is 11.0. The first-order valence-electron chi connectivity index (χ1n) is 6.15. The maximum Gasteiger partial charge on any atom is 0.335 e. The molecular weight excluding hydrogens is 302 g/mol. The van der Waals surface area contributed by atoms with Gasteiger partial charge < -0.3 is 29.9 Å². The highest BCUT2D eigenvalue weighted by atomic mass is 16.7.